The molecule has 1 nitrogen and oxygen atoms in total. The molecule has 0 bridgehead atoms. The van der Waals surface area contributed by atoms with E-state index in [2.05, 4.69) is 0 Å². The van der Waals surface area contributed by atoms with E-state index < -0.39 is 0 Å². The molecule has 0 aliphatic heterocycles. The van der Waals surface area contributed by atoms with Crippen molar-refractivity contribution in [3.05, 3.63) is 0 Å². The van der Waals surface area contributed by atoms with Crippen molar-refractivity contribution < 1.29 is 30.0 Å². The van der Waals surface area contributed by atoms with Gasteiger partial charge >= 0.3 is 96.2 Å². The predicted molar refractivity (Wildman–Crippen MR) is 16.6 cm³/mol. The van der Waals surface area contributed by atoms with E-state index in [4.69, 9.17) is 3.25 Å². The molecule has 0 rings (SSSR count). The molecule has 0 radical (unpaired) electrons. The molecule has 0 heterocycles. The van der Waals surface area contributed by atoms with Crippen LogP contribution in [0.5, 0.6) is 0 Å². The number of hydrogen-bond donors (Lipinski definition) is 0. The second-order valence-electron chi connectivity index (χ2n) is 0. The van der Waals surface area contributed by atoms with Crippen LogP contribution in [0.15, 0.2) is 0 Å². The van der Waals surface area contributed by atoms with Crippen LogP contribution in [0.4, 0.5) is 0 Å². The van der Waals surface area contributed by atoms with Gasteiger partial charge in [0, 0.05) is 0 Å². The molecule has 0 aromatic rings. The Morgan fingerprint density at radius 1 is 1.50 bits per heavy atom. The molecule has 19 valence electrons. The summed E-state index contributed by atoms with van der Waals surface area (Å²) in [6.07, 6.45) is 0. The fourth-order valence-electron chi connectivity index (χ4n) is 0. The monoisotopic (exact) mass is 363 g/mol. The molecular formula is H4BaMgOTa. The van der Waals surface area contributed by atoms with Crippen molar-refractivity contribution in [3.8, 4) is 0 Å². The summed E-state index contributed by atoms with van der Waals surface area (Å²) in [6, 6.07) is 0. The zero-order valence-electron chi connectivity index (χ0n) is 6.27. The third-order valence-electron chi connectivity index (χ3n) is 0. The molecule has 4 heavy (non-hydrogen) atoms. The van der Waals surface area contributed by atoms with Gasteiger partial charge in [-0.25, -0.2) is 0 Å². The van der Waals surface area contributed by atoms with Gasteiger partial charge in [0.2, 0.25) is 0 Å². The van der Waals surface area contributed by atoms with Crippen molar-refractivity contribution in [2.75, 3.05) is 0 Å². The van der Waals surface area contributed by atoms with Gasteiger partial charge in [0.05, 0.1) is 0 Å². The van der Waals surface area contributed by atoms with E-state index >= 15 is 0 Å². The fraction of sp³-hybridized carbons (Fsp3) is 0. The topological polar surface area (TPSA) is 17.1 Å². The quantitative estimate of drug-likeness (QED) is 0.535. The molecule has 0 N–H and O–H groups in total. The molecule has 0 aromatic heterocycles. The van der Waals surface area contributed by atoms with E-state index in [1.807, 2.05) is 0 Å². The van der Waals surface area contributed by atoms with Gasteiger partial charge in [0.15, 0.2) is 0 Å². The zero-order chi connectivity index (χ0) is 2.00. The van der Waals surface area contributed by atoms with E-state index in [1.165, 1.54) is 0 Å². The summed E-state index contributed by atoms with van der Waals surface area (Å²) in [5.74, 6) is 0. The van der Waals surface area contributed by atoms with Crippen molar-refractivity contribution in [3.63, 3.8) is 0 Å². The SMILES string of the molecule is [Ba+2].[H-].[H-].[H-].[H-].[Mg+2].[O]=[Ta]. The summed E-state index contributed by atoms with van der Waals surface area (Å²) in [5.41, 5.74) is 0. The third kappa shape index (κ3) is 8.86. The molecule has 0 spiro atoms. The van der Waals surface area contributed by atoms with Crippen LogP contribution >= 0.6 is 0 Å². The Labute approximate surface area is 99.7 Å². The van der Waals surface area contributed by atoms with Crippen LogP contribution in [0.1, 0.15) is 5.71 Å². The molecule has 0 amide bonds. The van der Waals surface area contributed by atoms with Crippen molar-refractivity contribution in [2.24, 2.45) is 0 Å². The summed E-state index contributed by atoms with van der Waals surface area (Å²) < 4.78 is 8.36. The van der Waals surface area contributed by atoms with E-state index in [0.29, 0.717) is 0 Å². The van der Waals surface area contributed by atoms with Crippen LogP contribution in [0.25, 0.3) is 0 Å². The summed E-state index contributed by atoms with van der Waals surface area (Å²) in [5, 5.41) is 0. The first-order chi connectivity index (χ1) is 1.00. The minimum absolute atomic E-state index is 0. The average molecular weight is 363 g/mol. The van der Waals surface area contributed by atoms with E-state index in [1.54, 1.807) is 0 Å². The minimum atomic E-state index is 0. The Bertz CT molecular complexity index is 16.0. The molecule has 0 unspecified atom stereocenters. The summed E-state index contributed by atoms with van der Waals surface area (Å²) in [6.45, 7) is 0. The first-order valence-electron chi connectivity index (χ1n) is 0.183. The van der Waals surface area contributed by atoms with Gasteiger partial charge in [-0.3, -0.25) is 0 Å². The Hall–Kier alpha value is 2.88. The molecular weight excluding hydrogens is 359 g/mol. The first kappa shape index (κ1) is 15.8. The molecule has 0 aliphatic carbocycles. The van der Waals surface area contributed by atoms with Gasteiger partial charge < -0.3 is 5.71 Å². The van der Waals surface area contributed by atoms with Crippen LogP contribution in [0.3, 0.4) is 0 Å². The van der Waals surface area contributed by atoms with Crippen molar-refractivity contribution in [2.45, 2.75) is 0 Å². The van der Waals surface area contributed by atoms with Crippen LogP contribution in [-0.2, 0) is 24.3 Å². The van der Waals surface area contributed by atoms with Gasteiger partial charge in [-0.1, -0.05) is 0 Å². The molecule has 0 fully saturated rings. The standard InChI is InChI=1S/Ba.Mg.O.Ta.4H/q2*+2;;;4*-1. The average Bonchev–Trinajstić information content (AvgIpc) is 1.00. The molecule has 0 atom stereocenters. The molecule has 0 saturated heterocycles. The van der Waals surface area contributed by atoms with Crippen molar-refractivity contribution in [1.82, 2.24) is 0 Å². The van der Waals surface area contributed by atoms with E-state index in [0.717, 1.165) is 0 Å². The van der Waals surface area contributed by atoms with E-state index in [9.17, 15) is 0 Å². The maximum absolute atomic E-state index is 8.36. The second-order valence-corrected chi connectivity index (χ2v) is 0. The summed E-state index contributed by atoms with van der Waals surface area (Å²) in [7, 11) is 0. The Morgan fingerprint density at radius 3 is 1.50 bits per heavy atom. The van der Waals surface area contributed by atoms with Crippen LogP contribution in [0, 0.1) is 0 Å². The third-order valence-corrected chi connectivity index (χ3v) is 0. The van der Waals surface area contributed by atoms with Gasteiger partial charge in [0.1, 0.15) is 0 Å². The molecule has 4 heteroatoms. The Morgan fingerprint density at radius 2 is 1.50 bits per heavy atom. The first-order valence-corrected chi connectivity index (χ1v) is 1.49. The predicted octanol–water partition coefficient (Wildman–Crippen LogP) is -0.433. The van der Waals surface area contributed by atoms with Crippen LogP contribution in [-0.4, -0.2) is 71.9 Å². The molecule has 0 saturated carbocycles. The van der Waals surface area contributed by atoms with Gasteiger partial charge in [-0.15, -0.1) is 0 Å². The Kier molecular flexibility index (Phi) is 66.7. The van der Waals surface area contributed by atoms with E-state index in [-0.39, 0.29) is 98.7 Å². The van der Waals surface area contributed by atoms with Crippen molar-refractivity contribution in [1.29, 1.82) is 0 Å². The fourth-order valence-corrected chi connectivity index (χ4v) is 0. The molecule has 0 aromatic carbocycles. The van der Waals surface area contributed by atoms with Gasteiger partial charge in [0.25, 0.3) is 0 Å². The van der Waals surface area contributed by atoms with Crippen LogP contribution in [0.2, 0.25) is 0 Å². The normalized spacial score (nSPS) is 0.750. The molecule has 0 aliphatic rings. The van der Waals surface area contributed by atoms with Gasteiger partial charge in [-0.2, -0.15) is 0 Å². The number of rotatable bonds is 0. The Balaban J connectivity index is -0.000000000333. The summed E-state index contributed by atoms with van der Waals surface area (Å²) in [4.78, 5) is 0. The zero-order valence-corrected chi connectivity index (χ0v) is 11.3. The number of hydrogen-bond acceptors (Lipinski definition) is 1. The maximum atomic E-state index is 8.36. The summed E-state index contributed by atoms with van der Waals surface area (Å²) >= 11 is 0.194. The van der Waals surface area contributed by atoms with Crippen LogP contribution < -0.4 is 0 Å². The second kappa shape index (κ2) is 16.9. The van der Waals surface area contributed by atoms with Crippen molar-refractivity contribution >= 4 is 71.9 Å². The van der Waals surface area contributed by atoms with Gasteiger partial charge in [-0.05, 0) is 0 Å².